The number of pyridine rings is 1. The van der Waals surface area contributed by atoms with Crippen molar-refractivity contribution < 1.29 is 4.92 Å². The zero-order valence-corrected chi connectivity index (χ0v) is 8.99. The van der Waals surface area contributed by atoms with Gasteiger partial charge in [-0.15, -0.1) is 0 Å². The highest BCUT2D eigenvalue weighted by Gasteiger charge is 2.22. The molecule has 7 heteroatoms. The molecule has 0 saturated carbocycles. The van der Waals surface area contributed by atoms with Gasteiger partial charge >= 0.3 is 5.69 Å². The van der Waals surface area contributed by atoms with E-state index in [4.69, 9.17) is 5.73 Å². The van der Waals surface area contributed by atoms with E-state index in [2.05, 4.69) is 15.0 Å². The van der Waals surface area contributed by atoms with Crippen LogP contribution in [0.3, 0.4) is 0 Å². The quantitative estimate of drug-likeness (QED) is 0.617. The van der Waals surface area contributed by atoms with Gasteiger partial charge in [0, 0.05) is 18.0 Å². The number of aryl methyl sites for hydroxylation is 1. The molecule has 2 heterocycles. The van der Waals surface area contributed by atoms with Crippen LogP contribution in [0, 0.1) is 17.0 Å². The van der Waals surface area contributed by atoms with E-state index in [0.29, 0.717) is 5.56 Å². The molecule has 86 valence electrons. The lowest BCUT2D eigenvalue weighted by Crippen LogP contribution is -2.02. The van der Waals surface area contributed by atoms with Crippen LogP contribution in [0.15, 0.2) is 24.8 Å². The molecular weight excluding hydrogens is 222 g/mol. The van der Waals surface area contributed by atoms with Crippen molar-refractivity contribution in [3.05, 3.63) is 40.5 Å². The molecule has 0 saturated heterocycles. The van der Waals surface area contributed by atoms with Gasteiger partial charge < -0.3 is 5.73 Å². The first-order chi connectivity index (χ1) is 8.09. The summed E-state index contributed by atoms with van der Waals surface area (Å²) < 4.78 is 0. The van der Waals surface area contributed by atoms with E-state index in [1.807, 2.05) is 6.92 Å². The number of nitrogens with two attached hydrogens (primary N) is 1. The molecule has 2 N–H and O–H groups in total. The third kappa shape index (κ3) is 2.03. The van der Waals surface area contributed by atoms with Gasteiger partial charge in [-0.1, -0.05) is 0 Å². The van der Waals surface area contributed by atoms with Crippen molar-refractivity contribution in [2.45, 2.75) is 6.92 Å². The number of nitro groups is 1. The Kier molecular flexibility index (Phi) is 2.65. The zero-order chi connectivity index (χ0) is 12.4. The number of nitrogen functional groups attached to an aromatic ring is 1. The van der Waals surface area contributed by atoms with Crippen molar-refractivity contribution in [3.8, 4) is 11.3 Å². The van der Waals surface area contributed by atoms with Crippen molar-refractivity contribution >= 4 is 11.5 Å². The van der Waals surface area contributed by atoms with Crippen LogP contribution in [0.1, 0.15) is 5.56 Å². The van der Waals surface area contributed by atoms with Gasteiger partial charge in [-0.25, -0.2) is 9.97 Å². The second-order valence-corrected chi connectivity index (χ2v) is 3.46. The fourth-order valence-corrected chi connectivity index (χ4v) is 1.47. The van der Waals surface area contributed by atoms with Crippen LogP contribution < -0.4 is 5.73 Å². The summed E-state index contributed by atoms with van der Waals surface area (Å²) in [6.45, 7) is 1.84. The number of anilines is 1. The molecule has 2 rings (SSSR count). The lowest BCUT2D eigenvalue weighted by Gasteiger charge is -2.03. The molecule has 0 atom stereocenters. The molecule has 0 unspecified atom stereocenters. The Labute approximate surface area is 96.5 Å². The number of hydrogen-bond donors (Lipinski definition) is 1. The van der Waals surface area contributed by atoms with Crippen molar-refractivity contribution in [2.24, 2.45) is 0 Å². The van der Waals surface area contributed by atoms with E-state index >= 15 is 0 Å². The Balaban J connectivity index is 2.67. The molecule has 0 fully saturated rings. The third-order valence-electron chi connectivity index (χ3n) is 2.18. The topological polar surface area (TPSA) is 108 Å². The molecular formula is C10H9N5O2. The van der Waals surface area contributed by atoms with Crippen LogP contribution >= 0.6 is 0 Å². The van der Waals surface area contributed by atoms with Crippen LogP contribution in [0.4, 0.5) is 11.5 Å². The van der Waals surface area contributed by atoms with Gasteiger partial charge in [0.05, 0.1) is 4.92 Å². The number of nitrogens with zero attached hydrogens (tertiary/aromatic N) is 4. The Morgan fingerprint density at radius 3 is 2.76 bits per heavy atom. The summed E-state index contributed by atoms with van der Waals surface area (Å²) in [5.74, 6) is -0.151. The fraction of sp³-hybridized carbons (Fsp3) is 0.100. The number of hydrogen-bond acceptors (Lipinski definition) is 6. The van der Waals surface area contributed by atoms with Crippen LogP contribution in [0.5, 0.6) is 0 Å². The van der Waals surface area contributed by atoms with Gasteiger partial charge in [0.25, 0.3) is 0 Å². The minimum Gasteiger partial charge on any atom is -0.378 e. The van der Waals surface area contributed by atoms with Crippen molar-refractivity contribution in [3.63, 3.8) is 0 Å². The average Bonchev–Trinajstić information content (AvgIpc) is 2.28. The lowest BCUT2D eigenvalue weighted by atomic mass is 10.1. The monoisotopic (exact) mass is 231 g/mol. The Bertz CT molecular complexity index is 585. The molecule has 0 bridgehead atoms. The zero-order valence-electron chi connectivity index (χ0n) is 8.99. The van der Waals surface area contributed by atoms with E-state index in [9.17, 15) is 10.1 Å². The van der Waals surface area contributed by atoms with Crippen molar-refractivity contribution in [1.82, 2.24) is 15.0 Å². The summed E-state index contributed by atoms with van der Waals surface area (Å²) in [5, 5.41) is 10.9. The predicted molar refractivity (Wildman–Crippen MR) is 61.1 cm³/mol. The van der Waals surface area contributed by atoms with Crippen molar-refractivity contribution in [2.75, 3.05) is 5.73 Å². The molecule has 2 aromatic heterocycles. The largest absolute Gasteiger partial charge is 0.378 e. The van der Waals surface area contributed by atoms with E-state index in [-0.39, 0.29) is 17.2 Å². The molecule has 0 aliphatic carbocycles. The predicted octanol–water partition coefficient (Wildman–Crippen LogP) is 1.34. The first kappa shape index (κ1) is 10.9. The molecule has 7 nitrogen and oxygen atoms in total. The molecule has 0 aliphatic rings. The molecule has 17 heavy (non-hydrogen) atoms. The van der Waals surface area contributed by atoms with Crippen molar-refractivity contribution in [1.29, 1.82) is 0 Å². The molecule has 0 aromatic carbocycles. The summed E-state index contributed by atoms with van der Waals surface area (Å²) in [7, 11) is 0. The third-order valence-corrected chi connectivity index (χ3v) is 2.18. The van der Waals surface area contributed by atoms with Gasteiger partial charge in [0.2, 0.25) is 5.82 Å². The highest BCUT2D eigenvalue weighted by Crippen LogP contribution is 2.30. The van der Waals surface area contributed by atoms with Gasteiger partial charge in [-0.3, -0.25) is 15.1 Å². The normalized spacial score (nSPS) is 10.2. The van der Waals surface area contributed by atoms with E-state index in [1.165, 1.54) is 12.5 Å². The smallest absolute Gasteiger partial charge is 0.337 e. The summed E-state index contributed by atoms with van der Waals surface area (Å²) in [4.78, 5) is 21.8. The molecule has 0 aliphatic heterocycles. The fourth-order valence-electron chi connectivity index (χ4n) is 1.47. The maximum Gasteiger partial charge on any atom is 0.337 e. The first-order valence-electron chi connectivity index (χ1n) is 4.76. The number of rotatable bonds is 2. The molecule has 0 amide bonds. The standard InChI is InChI=1S/C10H9N5O2/c1-6-2-7(4-12-3-6)8-9(15(16)17)10(11)14-5-13-8/h2-5H,1H3,(H2,11,13,14). The Morgan fingerprint density at radius 2 is 2.12 bits per heavy atom. The Hall–Kier alpha value is -2.57. The van der Waals surface area contributed by atoms with Gasteiger partial charge in [-0.05, 0) is 18.6 Å². The van der Waals surface area contributed by atoms with Crippen LogP contribution in [-0.4, -0.2) is 19.9 Å². The lowest BCUT2D eigenvalue weighted by molar-refractivity contribution is -0.383. The second-order valence-electron chi connectivity index (χ2n) is 3.46. The summed E-state index contributed by atoms with van der Waals surface area (Å²) >= 11 is 0. The highest BCUT2D eigenvalue weighted by atomic mass is 16.6. The van der Waals surface area contributed by atoms with Gasteiger partial charge in [0.15, 0.2) is 5.69 Å². The van der Waals surface area contributed by atoms with E-state index in [0.717, 1.165) is 5.56 Å². The minimum absolute atomic E-state index is 0.151. The molecule has 2 aromatic rings. The summed E-state index contributed by atoms with van der Waals surface area (Å²) in [5.41, 5.74) is 6.80. The van der Waals surface area contributed by atoms with Crippen LogP contribution in [0.2, 0.25) is 0 Å². The molecule has 0 spiro atoms. The average molecular weight is 231 g/mol. The maximum atomic E-state index is 10.9. The maximum absolute atomic E-state index is 10.9. The molecule has 0 radical (unpaired) electrons. The first-order valence-corrected chi connectivity index (χ1v) is 4.76. The van der Waals surface area contributed by atoms with Crippen LogP contribution in [-0.2, 0) is 0 Å². The minimum atomic E-state index is -0.590. The second kappa shape index (κ2) is 4.12. The SMILES string of the molecule is Cc1cncc(-c2ncnc(N)c2[N+](=O)[O-])c1. The van der Waals surface area contributed by atoms with E-state index in [1.54, 1.807) is 12.3 Å². The van der Waals surface area contributed by atoms with E-state index < -0.39 is 4.92 Å². The summed E-state index contributed by atoms with van der Waals surface area (Å²) in [6, 6.07) is 1.75. The Morgan fingerprint density at radius 1 is 1.35 bits per heavy atom. The van der Waals surface area contributed by atoms with Crippen LogP contribution in [0.25, 0.3) is 11.3 Å². The van der Waals surface area contributed by atoms with Gasteiger partial charge in [-0.2, -0.15) is 0 Å². The number of aromatic nitrogens is 3. The summed E-state index contributed by atoms with van der Waals surface area (Å²) in [6.07, 6.45) is 4.35. The van der Waals surface area contributed by atoms with Gasteiger partial charge in [0.1, 0.15) is 6.33 Å². The highest BCUT2D eigenvalue weighted by molar-refractivity contribution is 5.75.